The second-order valence-electron chi connectivity index (χ2n) is 4.70. The van der Waals surface area contributed by atoms with E-state index in [1.807, 2.05) is 0 Å². The zero-order valence-electron chi connectivity index (χ0n) is 11.1. The normalized spacial score (nSPS) is 17.9. The van der Waals surface area contributed by atoms with Gasteiger partial charge in [0.25, 0.3) is 11.6 Å². The summed E-state index contributed by atoms with van der Waals surface area (Å²) in [4.78, 5) is 27.5. The molecule has 2 rings (SSSR count). The van der Waals surface area contributed by atoms with Crippen LogP contribution in [0.3, 0.4) is 0 Å². The molecule has 1 saturated heterocycles. The number of amides is 1. The minimum Gasteiger partial charge on any atom is -0.383 e. The number of nitrogens with zero attached hydrogens (tertiary/aromatic N) is 3. The Kier molecular flexibility index (Phi) is 4.14. The molecule has 1 aliphatic rings. The number of rotatable bonds is 4. The lowest BCUT2D eigenvalue weighted by molar-refractivity contribution is -0.385. The molecule has 0 bridgehead atoms. The van der Waals surface area contributed by atoms with Crippen LogP contribution in [0.5, 0.6) is 0 Å². The summed E-state index contributed by atoms with van der Waals surface area (Å²) in [6, 6.07) is 1.15. The van der Waals surface area contributed by atoms with Crippen molar-refractivity contribution in [2.45, 2.75) is 18.9 Å². The number of nitro groups is 1. The molecule has 1 aromatic heterocycles. The van der Waals surface area contributed by atoms with Crippen LogP contribution in [0.2, 0.25) is 0 Å². The molecular weight excluding hydrogens is 264 g/mol. The molecule has 0 saturated carbocycles. The van der Waals surface area contributed by atoms with E-state index in [0.29, 0.717) is 13.2 Å². The molecule has 1 amide bonds. The summed E-state index contributed by atoms with van der Waals surface area (Å²) in [5.74, 6) is -0.408. The Labute approximate surface area is 115 Å². The number of nitrogens with two attached hydrogens (primary N) is 1. The minimum absolute atomic E-state index is 0.0110. The monoisotopic (exact) mass is 280 g/mol. The molecule has 1 atom stereocenters. The van der Waals surface area contributed by atoms with Crippen LogP contribution >= 0.6 is 0 Å². The zero-order valence-corrected chi connectivity index (χ0v) is 11.1. The number of hydrogen-bond donors (Lipinski definition) is 1. The van der Waals surface area contributed by atoms with Crippen LogP contribution in [0.1, 0.15) is 23.2 Å². The van der Waals surface area contributed by atoms with E-state index < -0.39 is 10.8 Å². The SMILES string of the molecule is CN(CC1CCCO1)C(=O)c1cc([N+](=O)[O-])cnc1N. The van der Waals surface area contributed by atoms with Gasteiger partial charge in [-0.05, 0) is 12.8 Å². The third-order valence-electron chi connectivity index (χ3n) is 3.19. The highest BCUT2D eigenvalue weighted by atomic mass is 16.6. The molecule has 0 aromatic carbocycles. The summed E-state index contributed by atoms with van der Waals surface area (Å²) < 4.78 is 5.45. The van der Waals surface area contributed by atoms with Gasteiger partial charge >= 0.3 is 0 Å². The molecule has 0 spiro atoms. The number of aromatic nitrogens is 1. The fourth-order valence-corrected chi connectivity index (χ4v) is 2.12. The average Bonchev–Trinajstić information content (AvgIpc) is 2.91. The van der Waals surface area contributed by atoms with Crippen LogP contribution in [0.4, 0.5) is 11.5 Å². The number of hydrogen-bond acceptors (Lipinski definition) is 6. The van der Waals surface area contributed by atoms with Crippen molar-refractivity contribution in [3.8, 4) is 0 Å². The zero-order chi connectivity index (χ0) is 14.7. The maximum absolute atomic E-state index is 12.3. The Bertz CT molecular complexity index is 528. The molecule has 1 unspecified atom stereocenters. The molecule has 2 N–H and O–H groups in total. The average molecular weight is 280 g/mol. The fourth-order valence-electron chi connectivity index (χ4n) is 2.12. The first-order valence-corrected chi connectivity index (χ1v) is 6.26. The lowest BCUT2D eigenvalue weighted by Crippen LogP contribution is -2.34. The van der Waals surface area contributed by atoms with Crippen LogP contribution < -0.4 is 5.73 Å². The first-order valence-electron chi connectivity index (χ1n) is 6.26. The molecule has 0 radical (unpaired) electrons. The van der Waals surface area contributed by atoms with E-state index in [0.717, 1.165) is 25.1 Å². The van der Waals surface area contributed by atoms with Gasteiger partial charge in [0, 0.05) is 26.3 Å². The molecule has 8 heteroatoms. The third kappa shape index (κ3) is 3.02. The summed E-state index contributed by atoms with van der Waals surface area (Å²) in [5, 5.41) is 10.7. The smallest absolute Gasteiger partial charge is 0.288 e. The molecule has 1 aliphatic heterocycles. The van der Waals surface area contributed by atoms with Gasteiger partial charge in [0.05, 0.1) is 16.6 Å². The molecule has 20 heavy (non-hydrogen) atoms. The van der Waals surface area contributed by atoms with E-state index >= 15 is 0 Å². The Morgan fingerprint density at radius 2 is 2.45 bits per heavy atom. The Morgan fingerprint density at radius 3 is 3.05 bits per heavy atom. The standard InChI is InChI=1S/C12H16N4O4/c1-15(7-9-3-2-4-20-9)12(17)10-5-8(16(18)19)6-14-11(10)13/h5-6,9H,2-4,7H2,1H3,(H2,13,14). The summed E-state index contributed by atoms with van der Waals surface area (Å²) in [6.45, 7) is 1.13. The van der Waals surface area contributed by atoms with Gasteiger partial charge in [-0.1, -0.05) is 0 Å². The Balaban J connectivity index is 2.14. The van der Waals surface area contributed by atoms with Gasteiger partial charge in [-0.3, -0.25) is 14.9 Å². The van der Waals surface area contributed by atoms with E-state index in [2.05, 4.69) is 4.98 Å². The predicted molar refractivity (Wildman–Crippen MR) is 71.2 cm³/mol. The highest BCUT2D eigenvalue weighted by Gasteiger charge is 2.23. The predicted octanol–water partition coefficient (Wildman–Crippen LogP) is 0.823. The van der Waals surface area contributed by atoms with Crippen molar-refractivity contribution in [2.24, 2.45) is 0 Å². The number of anilines is 1. The lowest BCUT2D eigenvalue weighted by atomic mass is 10.2. The second-order valence-corrected chi connectivity index (χ2v) is 4.70. The number of carbonyl (C=O) groups excluding carboxylic acids is 1. The summed E-state index contributed by atoms with van der Waals surface area (Å²) >= 11 is 0. The molecule has 1 fully saturated rings. The van der Waals surface area contributed by atoms with Gasteiger partial charge in [-0.25, -0.2) is 4.98 Å². The molecule has 2 heterocycles. The second kappa shape index (κ2) is 5.83. The number of ether oxygens (including phenoxy) is 1. The van der Waals surface area contributed by atoms with Crippen LogP contribution in [0.25, 0.3) is 0 Å². The molecule has 1 aromatic rings. The topological polar surface area (TPSA) is 112 Å². The van der Waals surface area contributed by atoms with Crippen molar-refractivity contribution in [3.05, 3.63) is 27.9 Å². The molecule has 8 nitrogen and oxygen atoms in total. The summed E-state index contributed by atoms with van der Waals surface area (Å²) in [5.41, 5.74) is 5.41. The summed E-state index contributed by atoms with van der Waals surface area (Å²) in [6.07, 6.45) is 2.93. The Morgan fingerprint density at radius 1 is 1.70 bits per heavy atom. The van der Waals surface area contributed by atoms with Crippen molar-refractivity contribution < 1.29 is 14.5 Å². The summed E-state index contributed by atoms with van der Waals surface area (Å²) in [7, 11) is 1.61. The maximum atomic E-state index is 12.3. The van der Waals surface area contributed by atoms with Crippen molar-refractivity contribution in [1.29, 1.82) is 0 Å². The maximum Gasteiger partial charge on any atom is 0.288 e. The minimum atomic E-state index is -0.608. The van der Waals surface area contributed by atoms with Crippen LogP contribution in [-0.2, 0) is 4.74 Å². The fraction of sp³-hybridized carbons (Fsp3) is 0.500. The van der Waals surface area contributed by atoms with Gasteiger partial charge in [0.15, 0.2) is 0 Å². The Hall–Kier alpha value is -2.22. The van der Waals surface area contributed by atoms with Gasteiger partial charge in [-0.15, -0.1) is 0 Å². The first-order chi connectivity index (χ1) is 9.49. The first kappa shape index (κ1) is 14.2. The number of likely N-dealkylation sites (N-methyl/N-ethyl adjacent to an activating group) is 1. The number of nitrogen functional groups attached to an aromatic ring is 1. The van der Waals surface area contributed by atoms with Gasteiger partial charge in [0.1, 0.15) is 12.0 Å². The van der Waals surface area contributed by atoms with Crippen LogP contribution in [0.15, 0.2) is 12.3 Å². The van der Waals surface area contributed by atoms with E-state index in [9.17, 15) is 14.9 Å². The third-order valence-corrected chi connectivity index (χ3v) is 3.19. The highest BCUT2D eigenvalue weighted by Crippen LogP contribution is 2.19. The quantitative estimate of drug-likeness (QED) is 0.645. The highest BCUT2D eigenvalue weighted by molar-refractivity contribution is 5.98. The van der Waals surface area contributed by atoms with Crippen molar-refractivity contribution in [2.75, 3.05) is 25.9 Å². The van der Waals surface area contributed by atoms with Crippen LogP contribution in [0, 0.1) is 10.1 Å². The number of carbonyl (C=O) groups is 1. The number of pyridine rings is 1. The lowest BCUT2D eigenvalue weighted by Gasteiger charge is -2.21. The van der Waals surface area contributed by atoms with Gasteiger partial charge in [0.2, 0.25) is 0 Å². The van der Waals surface area contributed by atoms with Crippen LogP contribution in [-0.4, -0.2) is 47.0 Å². The van der Waals surface area contributed by atoms with Crippen molar-refractivity contribution >= 4 is 17.4 Å². The largest absolute Gasteiger partial charge is 0.383 e. The van der Waals surface area contributed by atoms with Gasteiger partial charge < -0.3 is 15.4 Å². The van der Waals surface area contributed by atoms with Crippen molar-refractivity contribution in [1.82, 2.24) is 9.88 Å². The van der Waals surface area contributed by atoms with E-state index in [4.69, 9.17) is 10.5 Å². The molecule has 108 valence electrons. The van der Waals surface area contributed by atoms with E-state index in [1.54, 1.807) is 7.05 Å². The van der Waals surface area contributed by atoms with Gasteiger partial charge in [-0.2, -0.15) is 0 Å². The van der Waals surface area contributed by atoms with E-state index in [-0.39, 0.29) is 23.2 Å². The molecule has 0 aliphatic carbocycles. The van der Waals surface area contributed by atoms with E-state index in [1.165, 1.54) is 4.90 Å². The molecular formula is C12H16N4O4. The van der Waals surface area contributed by atoms with Crippen molar-refractivity contribution in [3.63, 3.8) is 0 Å².